The normalized spacial score (nSPS) is 12.9. The van der Waals surface area contributed by atoms with E-state index in [-0.39, 0.29) is 6.10 Å². The Labute approximate surface area is 117 Å². The van der Waals surface area contributed by atoms with Gasteiger partial charge in [0.05, 0.1) is 6.10 Å². The molecule has 98 valence electrons. The molecule has 0 aliphatic carbocycles. The molecule has 1 rings (SSSR count). The molecule has 1 aromatic rings. The van der Waals surface area contributed by atoms with Crippen molar-refractivity contribution in [3.8, 4) is 0 Å². The molecule has 1 atom stereocenters. The minimum absolute atomic E-state index is 0.267. The van der Waals surface area contributed by atoms with Gasteiger partial charge in [-0.25, -0.2) is 0 Å². The first kappa shape index (κ1) is 15.2. The van der Waals surface area contributed by atoms with Crippen molar-refractivity contribution in [2.24, 2.45) is 0 Å². The first-order valence-corrected chi connectivity index (χ1v) is 8.20. The average molecular weight is 319 g/mol. The van der Waals surface area contributed by atoms with Crippen LogP contribution >= 0.6 is 27.3 Å². The van der Waals surface area contributed by atoms with Gasteiger partial charge in [-0.05, 0) is 35.3 Å². The Morgan fingerprint density at radius 1 is 1.24 bits per heavy atom. The highest BCUT2D eigenvalue weighted by Crippen LogP contribution is 2.32. The maximum absolute atomic E-state index is 10.1. The van der Waals surface area contributed by atoms with Gasteiger partial charge >= 0.3 is 0 Å². The molecule has 0 saturated carbocycles. The third-order valence-electron chi connectivity index (χ3n) is 3.04. The highest BCUT2D eigenvalue weighted by atomic mass is 79.9. The van der Waals surface area contributed by atoms with E-state index in [0.29, 0.717) is 0 Å². The minimum atomic E-state index is -0.267. The van der Waals surface area contributed by atoms with E-state index >= 15 is 0 Å². The predicted molar refractivity (Wildman–Crippen MR) is 79.7 cm³/mol. The summed E-state index contributed by atoms with van der Waals surface area (Å²) in [5, 5.41) is 10.1. The lowest BCUT2D eigenvalue weighted by Crippen LogP contribution is -1.94. The van der Waals surface area contributed by atoms with Crippen LogP contribution in [0.1, 0.15) is 67.7 Å². The van der Waals surface area contributed by atoms with E-state index in [0.717, 1.165) is 22.2 Å². The van der Waals surface area contributed by atoms with Gasteiger partial charge in [0, 0.05) is 14.2 Å². The van der Waals surface area contributed by atoms with E-state index in [1.165, 1.54) is 37.0 Å². The summed E-state index contributed by atoms with van der Waals surface area (Å²) >= 11 is 5.19. The fourth-order valence-corrected chi connectivity index (χ4v) is 3.49. The second-order valence-electron chi connectivity index (χ2n) is 4.63. The lowest BCUT2D eigenvalue weighted by Gasteiger charge is -2.07. The molecule has 1 N–H and O–H groups in total. The van der Waals surface area contributed by atoms with E-state index in [2.05, 4.69) is 35.8 Å². The summed E-state index contributed by atoms with van der Waals surface area (Å²) in [6.07, 6.45) is 8.33. The number of aryl methyl sites for hydroxylation is 1. The van der Waals surface area contributed by atoms with Crippen LogP contribution in [0.15, 0.2) is 10.5 Å². The Hall–Kier alpha value is 0.140. The minimum Gasteiger partial charge on any atom is -0.388 e. The van der Waals surface area contributed by atoms with Crippen molar-refractivity contribution in [3.05, 3.63) is 20.3 Å². The summed E-state index contributed by atoms with van der Waals surface area (Å²) in [6, 6.07) is 2.06. The summed E-state index contributed by atoms with van der Waals surface area (Å²) in [5.74, 6) is 0. The van der Waals surface area contributed by atoms with E-state index in [4.69, 9.17) is 0 Å². The van der Waals surface area contributed by atoms with Crippen LogP contribution in [0.4, 0.5) is 0 Å². The maximum Gasteiger partial charge on any atom is 0.0882 e. The Kier molecular flexibility index (Phi) is 7.40. The number of thiophene rings is 1. The average Bonchev–Trinajstić information content (AvgIpc) is 2.64. The summed E-state index contributed by atoms with van der Waals surface area (Å²) in [7, 11) is 0. The van der Waals surface area contributed by atoms with Crippen molar-refractivity contribution >= 4 is 27.3 Å². The SMILES string of the molecule is CCCCCCCCC(O)c1cc(Br)c(C)s1. The van der Waals surface area contributed by atoms with Gasteiger partial charge in [0.1, 0.15) is 0 Å². The quantitative estimate of drug-likeness (QED) is 0.618. The Bertz CT molecular complexity index is 303. The molecule has 1 unspecified atom stereocenters. The van der Waals surface area contributed by atoms with Gasteiger partial charge in [-0.3, -0.25) is 0 Å². The molecule has 0 fully saturated rings. The van der Waals surface area contributed by atoms with Gasteiger partial charge < -0.3 is 5.11 Å². The van der Waals surface area contributed by atoms with Gasteiger partial charge in [0.15, 0.2) is 0 Å². The van der Waals surface area contributed by atoms with E-state index in [1.54, 1.807) is 11.3 Å². The molecule has 0 aliphatic rings. The first-order chi connectivity index (χ1) is 8.15. The second kappa shape index (κ2) is 8.28. The maximum atomic E-state index is 10.1. The Balaban J connectivity index is 2.19. The van der Waals surface area contributed by atoms with E-state index < -0.39 is 0 Å². The summed E-state index contributed by atoms with van der Waals surface area (Å²) in [5.41, 5.74) is 0. The standard InChI is InChI=1S/C14H23BrOS/c1-3-4-5-6-7-8-9-13(16)14-10-12(15)11(2)17-14/h10,13,16H,3-9H2,1-2H3. The van der Waals surface area contributed by atoms with Crippen LogP contribution in [0.5, 0.6) is 0 Å². The largest absolute Gasteiger partial charge is 0.388 e. The monoisotopic (exact) mass is 318 g/mol. The number of unbranched alkanes of at least 4 members (excludes halogenated alkanes) is 5. The van der Waals surface area contributed by atoms with Crippen molar-refractivity contribution in [3.63, 3.8) is 0 Å². The summed E-state index contributed by atoms with van der Waals surface area (Å²) in [6.45, 7) is 4.32. The van der Waals surface area contributed by atoms with Crippen LogP contribution < -0.4 is 0 Å². The molecular weight excluding hydrogens is 296 g/mol. The van der Waals surface area contributed by atoms with Gasteiger partial charge in [-0.15, -0.1) is 11.3 Å². The van der Waals surface area contributed by atoms with Gasteiger partial charge in [0.25, 0.3) is 0 Å². The van der Waals surface area contributed by atoms with Crippen LogP contribution in [0.3, 0.4) is 0 Å². The number of rotatable bonds is 8. The fourth-order valence-electron chi connectivity index (χ4n) is 1.91. The van der Waals surface area contributed by atoms with Gasteiger partial charge in [-0.2, -0.15) is 0 Å². The summed E-state index contributed by atoms with van der Waals surface area (Å²) < 4.78 is 1.12. The van der Waals surface area contributed by atoms with Crippen LogP contribution in [0.25, 0.3) is 0 Å². The molecule has 0 radical (unpaired) electrons. The first-order valence-electron chi connectivity index (χ1n) is 6.59. The number of halogens is 1. The van der Waals surface area contributed by atoms with Gasteiger partial charge in [0.2, 0.25) is 0 Å². The lowest BCUT2D eigenvalue weighted by molar-refractivity contribution is 0.167. The van der Waals surface area contributed by atoms with Crippen LogP contribution in [-0.4, -0.2) is 5.11 Å². The molecule has 17 heavy (non-hydrogen) atoms. The lowest BCUT2D eigenvalue weighted by atomic mass is 10.1. The molecule has 1 nitrogen and oxygen atoms in total. The van der Waals surface area contributed by atoms with E-state index in [1.807, 2.05) is 0 Å². The summed E-state index contributed by atoms with van der Waals surface area (Å²) in [4.78, 5) is 2.35. The number of hydrogen-bond donors (Lipinski definition) is 1. The van der Waals surface area contributed by atoms with Crippen molar-refractivity contribution in [2.45, 2.75) is 64.9 Å². The molecule has 0 spiro atoms. The van der Waals surface area contributed by atoms with Crippen molar-refractivity contribution in [1.29, 1.82) is 0 Å². The number of aliphatic hydroxyl groups is 1. The molecule has 0 aromatic carbocycles. The molecule has 0 saturated heterocycles. The molecule has 1 heterocycles. The Morgan fingerprint density at radius 3 is 2.47 bits per heavy atom. The highest BCUT2D eigenvalue weighted by molar-refractivity contribution is 9.10. The highest BCUT2D eigenvalue weighted by Gasteiger charge is 2.11. The second-order valence-corrected chi connectivity index (χ2v) is 6.77. The smallest absolute Gasteiger partial charge is 0.0882 e. The molecule has 3 heteroatoms. The number of hydrogen-bond acceptors (Lipinski definition) is 2. The topological polar surface area (TPSA) is 20.2 Å². The molecule has 0 amide bonds. The van der Waals surface area contributed by atoms with Crippen LogP contribution in [0, 0.1) is 6.92 Å². The van der Waals surface area contributed by atoms with Crippen molar-refractivity contribution < 1.29 is 5.11 Å². The van der Waals surface area contributed by atoms with Gasteiger partial charge in [-0.1, -0.05) is 45.4 Å². The zero-order valence-corrected chi connectivity index (χ0v) is 13.2. The van der Waals surface area contributed by atoms with Crippen molar-refractivity contribution in [2.75, 3.05) is 0 Å². The third-order valence-corrected chi connectivity index (χ3v) is 5.27. The molecule has 0 aliphatic heterocycles. The predicted octanol–water partition coefficient (Wildman–Crippen LogP) is 5.60. The zero-order chi connectivity index (χ0) is 12.7. The van der Waals surface area contributed by atoms with Crippen LogP contribution in [0.2, 0.25) is 0 Å². The molecule has 0 bridgehead atoms. The molecular formula is C14H23BrOS. The van der Waals surface area contributed by atoms with Crippen LogP contribution in [-0.2, 0) is 0 Å². The van der Waals surface area contributed by atoms with E-state index in [9.17, 15) is 5.11 Å². The number of aliphatic hydroxyl groups excluding tert-OH is 1. The third kappa shape index (κ3) is 5.54. The Morgan fingerprint density at radius 2 is 1.88 bits per heavy atom. The fraction of sp³-hybridized carbons (Fsp3) is 0.714. The zero-order valence-electron chi connectivity index (χ0n) is 10.8. The molecule has 1 aromatic heterocycles. The van der Waals surface area contributed by atoms with Crippen molar-refractivity contribution in [1.82, 2.24) is 0 Å².